The molecule has 0 aromatic carbocycles. The molecule has 0 aliphatic carbocycles. The zero-order chi connectivity index (χ0) is 10.6. The first-order valence-electron chi connectivity index (χ1n) is 4.17. The third kappa shape index (κ3) is 3.79. The van der Waals surface area contributed by atoms with E-state index in [1.807, 2.05) is 0 Å². The number of esters is 2. The van der Waals surface area contributed by atoms with E-state index >= 15 is 0 Å². The van der Waals surface area contributed by atoms with E-state index in [4.69, 9.17) is 9.47 Å². The number of hydrogen-bond donors (Lipinski definition) is 0. The van der Waals surface area contributed by atoms with Crippen molar-refractivity contribution in [3.8, 4) is 0 Å². The van der Waals surface area contributed by atoms with Crippen LogP contribution in [0.5, 0.6) is 0 Å². The quantitative estimate of drug-likeness (QED) is 0.672. The van der Waals surface area contributed by atoms with Gasteiger partial charge in [-0.25, -0.2) is 0 Å². The molecular weight excluding hydrogens is 224 g/mol. The molecule has 0 radical (unpaired) electrons. The summed E-state index contributed by atoms with van der Waals surface area (Å²) in [7, 11) is 0. The fraction of sp³-hybridized carbons (Fsp3) is 0.750. The summed E-state index contributed by atoms with van der Waals surface area (Å²) in [6.45, 7) is 2.70. The summed E-state index contributed by atoms with van der Waals surface area (Å²) in [5.74, 6) is 1.12. The Morgan fingerprint density at radius 1 is 1.00 bits per heavy atom. The lowest BCUT2D eigenvalue weighted by molar-refractivity contribution is -0.153. The molecule has 1 aliphatic heterocycles. The molecule has 1 heterocycles. The average Bonchev–Trinajstić information content (AvgIpc) is 2.06. The van der Waals surface area contributed by atoms with Crippen molar-refractivity contribution in [1.82, 2.24) is 0 Å². The van der Waals surface area contributed by atoms with Gasteiger partial charge in [0.05, 0.1) is 0 Å². The molecule has 0 spiro atoms. The van der Waals surface area contributed by atoms with E-state index in [9.17, 15) is 9.59 Å². The van der Waals surface area contributed by atoms with Crippen molar-refractivity contribution in [1.29, 1.82) is 0 Å². The topological polar surface area (TPSA) is 52.6 Å². The smallest absolute Gasteiger partial charge is 0.303 e. The average molecular weight is 236 g/mol. The van der Waals surface area contributed by atoms with Gasteiger partial charge in [0.25, 0.3) is 0 Å². The summed E-state index contributed by atoms with van der Waals surface area (Å²) in [6, 6.07) is 0. The van der Waals surface area contributed by atoms with Gasteiger partial charge in [-0.1, -0.05) is 0 Å². The summed E-state index contributed by atoms with van der Waals surface area (Å²) in [5.41, 5.74) is -0.731. The first-order valence-corrected chi connectivity index (χ1v) is 6.27. The fourth-order valence-electron chi connectivity index (χ4n) is 0.992. The number of ether oxygens (including phenoxy) is 2. The van der Waals surface area contributed by atoms with Gasteiger partial charge in [-0.3, -0.25) is 9.59 Å². The summed E-state index contributed by atoms with van der Waals surface area (Å²) < 4.78 is 10.1. The number of carbonyl (C=O) groups is 2. The molecule has 0 aromatic heterocycles. The molecule has 6 heteroatoms. The van der Waals surface area contributed by atoms with E-state index in [2.05, 4.69) is 0 Å². The first-order chi connectivity index (χ1) is 6.59. The van der Waals surface area contributed by atoms with Gasteiger partial charge in [0.1, 0.15) is 0 Å². The Kier molecular flexibility index (Phi) is 4.60. The van der Waals surface area contributed by atoms with Crippen molar-refractivity contribution in [3.63, 3.8) is 0 Å². The Hall–Kier alpha value is -0.360. The summed E-state index contributed by atoms with van der Waals surface area (Å²) in [6.07, 6.45) is 0. The molecule has 0 N–H and O–H groups in total. The maximum atomic E-state index is 10.8. The van der Waals surface area contributed by atoms with Crippen LogP contribution in [0.1, 0.15) is 13.8 Å². The lowest BCUT2D eigenvalue weighted by atomic mass is 10.7. The standard InChI is InChI=1S/C8H12O4S2/c1-5(9)11-7-8(12-6(2)10)14-4-3-13-7/h7-8H,3-4H2,1-2H3. The van der Waals surface area contributed by atoms with Gasteiger partial charge >= 0.3 is 11.9 Å². The minimum Gasteiger partial charge on any atom is -0.446 e. The Balaban J connectivity index is 2.49. The Bertz CT molecular complexity index is 207. The molecule has 2 unspecified atom stereocenters. The third-order valence-corrected chi connectivity index (χ3v) is 4.09. The van der Waals surface area contributed by atoms with E-state index in [1.54, 1.807) is 0 Å². The highest BCUT2D eigenvalue weighted by atomic mass is 32.2. The molecule has 0 amide bonds. The number of hydrogen-bond acceptors (Lipinski definition) is 6. The van der Waals surface area contributed by atoms with Gasteiger partial charge in [0.2, 0.25) is 0 Å². The van der Waals surface area contributed by atoms with Crippen LogP contribution >= 0.6 is 23.5 Å². The summed E-state index contributed by atoms with van der Waals surface area (Å²) in [5, 5.41) is 0. The Morgan fingerprint density at radius 2 is 1.36 bits per heavy atom. The fourth-order valence-corrected chi connectivity index (χ4v) is 3.53. The number of thioether (sulfide) groups is 2. The maximum Gasteiger partial charge on any atom is 0.303 e. The van der Waals surface area contributed by atoms with E-state index in [1.165, 1.54) is 37.4 Å². The van der Waals surface area contributed by atoms with Crippen molar-refractivity contribution < 1.29 is 19.1 Å². The zero-order valence-electron chi connectivity index (χ0n) is 8.02. The minimum absolute atomic E-state index is 0.345. The molecule has 1 fully saturated rings. The van der Waals surface area contributed by atoms with Crippen molar-refractivity contribution >= 4 is 35.5 Å². The first kappa shape index (κ1) is 11.7. The van der Waals surface area contributed by atoms with Crippen LogP contribution in [0.4, 0.5) is 0 Å². The van der Waals surface area contributed by atoms with Crippen LogP contribution in [0.3, 0.4) is 0 Å². The second kappa shape index (κ2) is 5.50. The molecular formula is C8H12O4S2. The van der Waals surface area contributed by atoms with Crippen LogP contribution in [0.2, 0.25) is 0 Å². The molecule has 1 rings (SSSR count). The Labute approximate surface area is 91.1 Å². The molecule has 4 nitrogen and oxygen atoms in total. The van der Waals surface area contributed by atoms with Crippen LogP contribution in [0, 0.1) is 0 Å². The monoisotopic (exact) mass is 236 g/mol. The highest BCUT2D eigenvalue weighted by Crippen LogP contribution is 2.32. The van der Waals surface area contributed by atoms with Gasteiger partial charge < -0.3 is 9.47 Å². The van der Waals surface area contributed by atoms with Gasteiger partial charge in [0.15, 0.2) is 10.9 Å². The van der Waals surface area contributed by atoms with Crippen molar-refractivity contribution in [2.75, 3.05) is 11.5 Å². The molecule has 1 saturated heterocycles. The highest BCUT2D eigenvalue weighted by molar-refractivity contribution is 8.06. The van der Waals surface area contributed by atoms with E-state index < -0.39 is 0 Å². The molecule has 0 bridgehead atoms. The zero-order valence-corrected chi connectivity index (χ0v) is 9.65. The molecule has 80 valence electrons. The largest absolute Gasteiger partial charge is 0.446 e. The predicted octanol–water partition coefficient (Wildman–Crippen LogP) is 1.24. The summed E-state index contributed by atoms with van der Waals surface area (Å²) in [4.78, 5) is 21.5. The second-order valence-electron chi connectivity index (χ2n) is 2.70. The third-order valence-electron chi connectivity index (χ3n) is 1.43. The van der Waals surface area contributed by atoms with Crippen molar-refractivity contribution in [3.05, 3.63) is 0 Å². The number of rotatable bonds is 2. The molecule has 2 atom stereocenters. The molecule has 0 aromatic rings. The van der Waals surface area contributed by atoms with Crippen LogP contribution in [-0.4, -0.2) is 34.3 Å². The number of carbonyl (C=O) groups excluding carboxylic acids is 2. The SMILES string of the molecule is CC(=O)OC1SCCSC1OC(C)=O. The van der Waals surface area contributed by atoms with Crippen LogP contribution < -0.4 is 0 Å². The normalized spacial score (nSPS) is 26.7. The predicted molar refractivity (Wildman–Crippen MR) is 56.0 cm³/mol. The van der Waals surface area contributed by atoms with Crippen LogP contribution in [0.25, 0.3) is 0 Å². The maximum absolute atomic E-state index is 10.8. The van der Waals surface area contributed by atoms with Gasteiger partial charge in [0, 0.05) is 25.4 Å². The minimum atomic E-state index is -0.366. The lowest BCUT2D eigenvalue weighted by Gasteiger charge is -2.28. The Morgan fingerprint density at radius 3 is 1.64 bits per heavy atom. The highest BCUT2D eigenvalue weighted by Gasteiger charge is 2.31. The lowest BCUT2D eigenvalue weighted by Crippen LogP contribution is -2.33. The molecule has 1 aliphatic rings. The van der Waals surface area contributed by atoms with Gasteiger partial charge in [-0.15, -0.1) is 23.5 Å². The van der Waals surface area contributed by atoms with Crippen molar-refractivity contribution in [2.45, 2.75) is 24.7 Å². The van der Waals surface area contributed by atoms with Gasteiger partial charge in [-0.05, 0) is 0 Å². The summed E-state index contributed by atoms with van der Waals surface area (Å²) >= 11 is 3.00. The van der Waals surface area contributed by atoms with E-state index in [0.29, 0.717) is 0 Å². The molecule has 0 saturated carbocycles. The van der Waals surface area contributed by atoms with Crippen LogP contribution in [0.15, 0.2) is 0 Å². The van der Waals surface area contributed by atoms with Crippen LogP contribution in [-0.2, 0) is 19.1 Å². The van der Waals surface area contributed by atoms with Crippen molar-refractivity contribution in [2.24, 2.45) is 0 Å². The van der Waals surface area contributed by atoms with E-state index in [0.717, 1.165) is 11.5 Å². The second-order valence-corrected chi connectivity index (χ2v) is 5.11. The molecule has 14 heavy (non-hydrogen) atoms. The van der Waals surface area contributed by atoms with Gasteiger partial charge in [-0.2, -0.15) is 0 Å². The van der Waals surface area contributed by atoms with E-state index in [-0.39, 0.29) is 22.8 Å².